The van der Waals surface area contributed by atoms with E-state index in [1.807, 2.05) is 23.1 Å². The van der Waals surface area contributed by atoms with Gasteiger partial charge in [0.15, 0.2) is 0 Å². The van der Waals surface area contributed by atoms with Gasteiger partial charge in [-0.3, -0.25) is 4.79 Å². The Morgan fingerprint density at radius 1 is 1.27 bits per heavy atom. The molecule has 1 fully saturated rings. The number of nitrogens with one attached hydrogen (secondary N) is 1. The standard InChI is InChI=1S/C25H29N3O2/c1-18-9-11-21-16-19(17-26-25(21)27-18)10-12-24(29)28-14-5-6-20(13-15-28)22-7-3-4-8-23(22)30-2/h3-4,7-8,10,12,16-17,20H,1,5-6,9,11,13-15H2,2H3,(H,26,27)/b12-10+. The molecule has 4 rings (SSSR count). The highest BCUT2D eigenvalue weighted by Gasteiger charge is 2.22. The van der Waals surface area contributed by atoms with Crippen LogP contribution in [-0.4, -0.2) is 36.0 Å². The molecule has 0 radical (unpaired) electrons. The van der Waals surface area contributed by atoms with Crippen molar-refractivity contribution in [3.63, 3.8) is 0 Å². The lowest BCUT2D eigenvalue weighted by molar-refractivity contribution is -0.125. The van der Waals surface area contributed by atoms with Gasteiger partial charge < -0.3 is 15.0 Å². The van der Waals surface area contributed by atoms with E-state index in [2.05, 4.69) is 35.1 Å². The Kier molecular flexibility index (Phi) is 6.17. The number of allylic oxidation sites excluding steroid dienone is 1. The molecule has 30 heavy (non-hydrogen) atoms. The van der Waals surface area contributed by atoms with Gasteiger partial charge in [0.2, 0.25) is 5.91 Å². The zero-order valence-corrected chi connectivity index (χ0v) is 17.6. The van der Waals surface area contributed by atoms with Crippen LogP contribution in [0.3, 0.4) is 0 Å². The number of rotatable bonds is 4. The molecule has 2 aliphatic rings. The second-order valence-electron chi connectivity index (χ2n) is 8.03. The summed E-state index contributed by atoms with van der Waals surface area (Å²) in [7, 11) is 1.72. The Labute approximate surface area is 178 Å². The normalized spacial score (nSPS) is 19.2. The quantitative estimate of drug-likeness (QED) is 0.747. The first kappa shape index (κ1) is 20.2. The predicted molar refractivity (Wildman–Crippen MR) is 121 cm³/mol. The van der Waals surface area contributed by atoms with Crippen LogP contribution >= 0.6 is 0 Å². The highest BCUT2D eigenvalue weighted by molar-refractivity contribution is 5.91. The average molecular weight is 404 g/mol. The molecule has 1 amide bonds. The first-order valence-electron chi connectivity index (χ1n) is 10.7. The van der Waals surface area contributed by atoms with Crippen molar-refractivity contribution in [2.24, 2.45) is 0 Å². The van der Waals surface area contributed by atoms with Crippen molar-refractivity contribution in [3.8, 4) is 5.75 Å². The third kappa shape index (κ3) is 4.56. The minimum atomic E-state index is 0.0694. The summed E-state index contributed by atoms with van der Waals surface area (Å²) in [5.74, 6) is 2.32. The second kappa shape index (κ2) is 9.16. The molecule has 0 bridgehead atoms. The molecule has 0 saturated carbocycles. The highest BCUT2D eigenvalue weighted by Crippen LogP contribution is 2.34. The number of para-hydroxylation sites is 1. The number of nitrogens with zero attached hydrogens (tertiary/aromatic N) is 2. The molecule has 0 spiro atoms. The number of hydrogen-bond acceptors (Lipinski definition) is 4. The maximum absolute atomic E-state index is 12.8. The van der Waals surface area contributed by atoms with E-state index in [1.165, 1.54) is 11.1 Å². The van der Waals surface area contributed by atoms with Gasteiger partial charge in [0.1, 0.15) is 11.6 Å². The van der Waals surface area contributed by atoms with E-state index in [9.17, 15) is 4.79 Å². The molecule has 1 N–H and O–H groups in total. The number of aromatic nitrogens is 1. The number of pyridine rings is 1. The largest absolute Gasteiger partial charge is 0.496 e. The van der Waals surface area contributed by atoms with Crippen LogP contribution < -0.4 is 10.1 Å². The highest BCUT2D eigenvalue weighted by atomic mass is 16.5. The molecule has 5 heteroatoms. The smallest absolute Gasteiger partial charge is 0.246 e. The fraction of sp³-hybridized carbons (Fsp3) is 0.360. The van der Waals surface area contributed by atoms with Crippen LogP contribution in [0.4, 0.5) is 5.82 Å². The summed E-state index contributed by atoms with van der Waals surface area (Å²) in [5.41, 5.74) is 4.38. The van der Waals surface area contributed by atoms with Crippen LogP contribution in [0.2, 0.25) is 0 Å². The first-order valence-corrected chi connectivity index (χ1v) is 10.7. The molecule has 2 aliphatic heterocycles. The van der Waals surface area contributed by atoms with Crippen LogP contribution in [0.5, 0.6) is 5.75 Å². The number of carbonyl (C=O) groups is 1. The Morgan fingerprint density at radius 3 is 3.00 bits per heavy atom. The first-order chi connectivity index (χ1) is 14.6. The molecular weight excluding hydrogens is 374 g/mol. The molecule has 5 nitrogen and oxygen atoms in total. The molecule has 1 aromatic carbocycles. The molecule has 1 saturated heterocycles. The van der Waals surface area contributed by atoms with E-state index in [0.717, 1.165) is 68.0 Å². The summed E-state index contributed by atoms with van der Waals surface area (Å²) >= 11 is 0. The number of methoxy groups -OCH3 is 1. The molecule has 156 valence electrons. The molecule has 3 heterocycles. The molecule has 1 atom stereocenters. The van der Waals surface area contributed by atoms with Crippen LogP contribution in [-0.2, 0) is 11.2 Å². The molecule has 0 aliphatic carbocycles. The Bertz CT molecular complexity index is 967. The molecule has 1 unspecified atom stereocenters. The van der Waals surface area contributed by atoms with Gasteiger partial charge in [0.05, 0.1) is 7.11 Å². The number of aryl methyl sites for hydroxylation is 1. The SMILES string of the molecule is C=C1CCc2cc(/C=C/C(=O)N3CCCC(c4ccccc4OC)CC3)cnc2N1. The fourth-order valence-electron chi connectivity index (χ4n) is 4.34. The van der Waals surface area contributed by atoms with Crippen molar-refractivity contribution >= 4 is 17.8 Å². The Morgan fingerprint density at radius 2 is 2.13 bits per heavy atom. The van der Waals surface area contributed by atoms with E-state index >= 15 is 0 Å². The van der Waals surface area contributed by atoms with Gasteiger partial charge in [-0.15, -0.1) is 0 Å². The predicted octanol–water partition coefficient (Wildman–Crippen LogP) is 4.77. The number of amides is 1. The van der Waals surface area contributed by atoms with E-state index in [1.54, 1.807) is 19.4 Å². The number of fused-ring (bicyclic) bond motifs is 1. The zero-order chi connectivity index (χ0) is 20.9. The van der Waals surface area contributed by atoms with Crippen LogP contribution in [0.15, 0.2) is 54.9 Å². The van der Waals surface area contributed by atoms with Crippen LogP contribution in [0, 0.1) is 0 Å². The van der Waals surface area contributed by atoms with Gasteiger partial charge in [-0.25, -0.2) is 4.98 Å². The van der Waals surface area contributed by atoms with Gasteiger partial charge in [0, 0.05) is 31.1 Å². The Hall–Kier alpha value is -3.08. The number of ether oxygens (including phenoxy) is 1. The van der Waals surface area contributed by atoms with Gasteiger partial charge >= 0.3 is 0 Å². The van der Waals surface area contributed by atoms with E-state index < -0.39 is 0 Å². The number of hydrogen-bond donors (Lipinski definition) is 1. The van der Waals surface area contributed by atoms with Crippen molar-refractivity contribution in [2.75, 3.05) is 25.5 Å². The summed E-state index contributed by atoms with van der Waals surface area (Å²) in [5, 5.41) is 3.22. The second-order valence-corrected chi connectivity index (χ2v) is 8.03. The number of likely N-dealkylation sites (tertiary alicyclic amines) is 1. The van der Waals surface area contributed by atoms with Gasteiger partial charge in [-0.05, 0) is 72.9 Å². The van der Waals surface area contributed by atoms with Crippen LogP contribution in [0.25, 0.3) is 6.08 Å². The average Bonchev–Trinajstić information content (AvgIpc) is 3.03. The van der Waals surface area contributed by atoms with Crippen molar-refractivity contribution in [1.29, 1.82) is 0 Å². The van der Waals surface area contributed by atoms with Crippen molar-refractivity contribution in [2.45, 2.75) is 38.0 Å². The third-order valence-electron chi connectivity index (χ3n) is 6.02. The lowest BCUT2D eigenvalue weighted by atomic mass is 9.91. The maximum Gasteiger partial charge on any atom is 0.246 e. The lowest BCUT2D eigenvalue weighted by Crippen LogP contribution is -2.30. The summed E-state index contributed by atoms with van der Waals surface area (Å²) in [6.45, 7) is 5.53. The summed E-state index contributed by atoms with van der Waals surface area (Å²) < 4.78 is 5.54. The van der Waals surface area contributed by atoms with Gasteiger partial charge in [-0.1, -0.05) is 24.8 Å². The maximum atomic E-state index is 12.8. The number of carbonyl (C=O) groups excluding carboxylic acids is 1. The van der Waals surface area contributed by atoms with Gasteiger partial charge in [-0.2, -0.15) is 0 Å². The topological polar surface area (TPSA) is 54.5 Å². The summed E-state index contributed by atoms with van der Waals surface area (Å²) in [6.07, 6.45) is 10.2. The van der Waals surface area contributed by atoms with Crippen molar-refractivity contribution < 1.29 is 9.53 Å². The number of benzene rings is 1. The molecule has 1 aromatic heterocycles. The lowest BCUT2D eigenvalue weighted by Gasteiger charge is -2.20. The third-order valence-corrected chi connectivity index (χ3v) is 6.02. The van der Waals surface area contributed by atoms with E-state index in [0.29, 0.717) is 5.92 Å². The minimum Gasteiger partial charge on any atom is -0.496 e. The van der Waals surface area contributed by atoms with E-state index in [4.69, 9.17) is 4.74 Å². The zero-order valence-electron chi connectivity index (χ0n) is 17.6. The fourth-order valence-corrected chi connectivity index (χ4v) is 4.34. The monoisotopic (exact) mass is 403 g/mol. The minimum absolute atomic E-state index is 0.0694. The van der Waals surface area contributed by atoms with Crippen LogP contribution in [0.1, 0.15) is 48.3 Å². The number of anilines is 1. The summed E-state index contributed by atoms with van der Waals surface area (Å²) in [6, 6.07) is 10.3. The van der Waals surface area contributed by atoms with Gasteiger partial charge in [0.25, 0.3) is 0 Å². The molecule has 2 aromatic rings. The van der Waals surface area contributed by atoms with Crippen molar-refractivity contribution in [1.82, 2.24) is 9.88 Å². The Balaban J connectivity index is 1.39. The van der Waals surface area contributed by atoms with E-state index in [-0.39, 0.29) is 5.91 Å². The summed E-state index contributed by atoms with van der Waals surface area (Å²) in [4.78, 5) is 19.2. The van der Waals surface area contributed by atoms with Crippen molar-refractivity contribution in [3.05, 3.63) is 71.6 Å². The molecular formula is C25H29N3O2.